The number of rotatable bonds is 5. The number of hydrogen-bond donors (Lipinski definition) is 1. The zero-order chi connectivity index (χ0) is 20.6. The summed E-state index contributed by atoms with van der Waals surface area (Å²) in [6.45, 7) is 1.08. The lowest BCUT2D eigenvalue weighted by atomic mass is 9.79. The Bertz CT molecular complexity index is 1040. The number of hydrogen-bond acceptors (Lipinski definition) is 5. The molecule has 0 fully saturated rings. The standard InChI is InChI=1S/C16H11Br2ClF3N5O/c1-7(12-11(22)13(19)24-6-23-12)16(28,5-27-15(18)25-14(17)26-27)9-3-2-8(20)4-10(9)21/h2-4,6-7,28H,5H2,1H3. The van der Waals surface area contributed by atoms with E-state index < -0.39 is 34.1 Å². The van der Waals surface area contributed by atoms with Crippen LogP contribution < -0.4 is 0 Å². The molecule has 0 spiro atoms. The Morgan fingerprint density at radius 1 is 1.25 bits per heavy atom. The summed E-state index contributed by atoms with van der Waals surface area (Å²) in [5.74, 6) is -3.90. The predicted octanol–water partition coefficient (Wildman–Crippen LogP) is 4.36. The molecule has 2 heterocycles. The van der Waals surface area contributed by atoms with Gasteiger partial charge in [0.15, 0.2) is 15.7 Å². The summed E-state index contributed by atoms with van der Waals surface area (Å²) in [7, 11) is 0. The molecule has 0 aliphatic heterocycles. The van der Waals surface area contributed by atoms with Crippen LogP contribution in [0.2, 0.25) is 5.15 Å². The average Bonchev–Trinajstić information content (AvgIpc) is 2.93. The Kier molecular flexibility index (Phi) is 6.08. The predicted molar refractivity (Wildman–Crippen MR) is 101 cm³/mol. The molecule has 0 saturated heterocycles. The van der Waals surface area contributed by atoms with E-state index in [1.54, 1.807) is 0 Å². The Hall–Kier alpha value is -1.56. The van der Waals surface area contributed by atoms with Crippen LogP contribution in [0, 0.1) is 17.5 Å². The largest absolute Gasteiger partial charge is 0.382 e. The second-order valence-corrected chi connectivity index (χ2v) is 7.72. The minimum atomic E-state index is -2.09. The SMILES string of the molecule is CC(c1ncnc(Cl)c1F)C(O)(Cn1nc(Br)nc1Br)c1ccc(F)cc1F. The van der Waals surface area contributed by atoms with Crippen LogP contribution in [0.15, 0.2) is 34.0 Å². The zero-order valence-corrected chi connectivity index (χ0v) is 18.0. The molecule has 0 amide bonds. The molecule has 2 aromatic heterocycles. The highest BCUT2D eigenvalue weighted by atomic mass is 79.9. The molecule has 0 aliphatic rings. The molecule has 2 atom stereocenters. The Morgan fingerprint density at radius 2 is 1.96 bits per heavy atom. The molecule has 0 bridgehead atoms. The van der Waals surface area contributed by atoms with Gasteiger partial charge in [-0.25, -0.2) is 27.8 Å². The third-order valence-corrected chi connectivity index (χ3v) is 5.48. The van der Waals surface area contributed by atoms with Crippen molar-refractivity contribution in [2.45, 2.75) is 25.0 Å². The summed E-state index contributed by atoms with van der Waals surface area (Å²) >= 11 is 12.0. The molecule has 1 N–H and O–H groups in total. The van der Waals surface area contributed by atoms with Gasteiger partial charge in [0.1, 0.15) is 23.6 Å². The smallest absolute Gasteiger partial charge is 0.218 e. The lowest BCUT2D eigenvalue weighted by molar-refractivity contribution is -0.0140. The first-order chi connectivity index (χ1) is 13.1. The van der Waals surface area contributed by atoms with Gasteiger partial charge in [0.2, 0.25) is 4.73 Å². The van der Waals surface area contributed by atoms with Crippen molar-refractivity contribution in [3.05, 3.63) is 67.9 Å². The number of benzene rings is 1. The summed E-state index contributed by atoms with van der Waals surface area (Å²) in [4.78, 5) is 11.4. The lowest BCUT2D eigenvalue weighted by Gasteiger charge is -2.34. The number of halogens is 6. The normalized spacial score (nSPS) is 14.7. The summed E-state index contributed by atoms with van der Waals surface area (Å²) in [5.41, 5.74) is -2.60. The first kappa shape index (κ1) is 21.2. The minimum Gasteiger partial charge on any atom is -0.382 e. The quantitative estimate of drug-likeness (QED) is 0.486. The first-order valence-electron chi connectivity index (χ1n) is 7.73. The van der Waals surface area contributed by atoms with E-state index >= 15 is 0 Å². The maximum absolute atomic E-state index is 14.6. The second kappa shape index (κ2) is 8.05. The molecule has 148 valence electrons. The summed E-state index contributed by atoms with van der Waals surface area (Å²) in [6.07, 6.45) is 1.03. The molecule has 3 aromatic rings. The van der Waals surface area contributed by atoms with Crippen molar-refractivity contribution in [1.82, 2.24) is 24.7 Å². The zero-order valence-electron chi connectivity index (χ0n) is 14.0. The van der Waals surface area contributed by atoms with Crippen molar-refractivity contribution >= 4 is 43.5 Å². The van der Waals surface area contributed by atoms with E-state index in [9.17, 15) is 18.3 Å². The molecule has 6 nitrogen and oxygen atoms in total. The van der Waals surface area contributed by atoms with Crippen LogP contribution in [0.5, 0.6) is 0 Å². The van der Waals surface area contributed by atoms with Crippen LogP contribution in [0.3, 0.4) is 0 Å². The van der Waals surface area contributed by atoms with Gasteiger partial charge >= 0.3 is 0 Å². The second-order valence-electron chi connectivity index (χ2n) is 5.94. The van der Waals surface area contributed by atoms with Gasteiger partial charge in [0.05, 0.1) is 12.2 Å². The molecule has 0 aliphatic carbocycles. The van der Waals surface area contributed by atoms with E-state index in [1.807, 2.05) is 0 Å². The topological polar surface area (TPSA) is 76.7 Å². The van der Waals surface area contributed by atoms with Crippen LogP contribution in [0.4, 0.5) is 13.2 Å². The van der Waals surface area contributed by atoms with Crippen LogP contribution in [-0.4, -0.2) is 29.8 Å². The van der Waals surface area contributed by atoms with Crippen LogP contribution >= 0.6 is 43.5 Å². The van der Waals surface area contributed by atoms with E-state index in [1.165, 1.54) is 11.6 Å². The van der Waals surface area contributed by atoms with Crippen molar-refractivity contribution in [3.63, 3.8) is 0 Å². The fourth-order valence-corrected chi connectivity index (χ4v) is 3.92. The highest BCUT2D eigenvalue weighted by Crippen LogP contribution is 2.40. The lowest BCUT2D eigenvalue weighted by Crippen LogP contribution is -2.39. The van der Waals surface area contributed by atoms with Crippen molar-refractivity contribution in [1.29, 1.82) is 0 Å². The van der Waals surface area contributed by atoms with Gasteiger partial charge in [-0.15, -0.1) is 5.10 Å². The molecule has 2 unspecified atom stereocenters. The van der Waals surface area contributed by atoms with Crippen LogP contribution in [-0.2, 0) is 12.1 Å². The summed E-state index contributed by atoms with van der Waals surface area (Å²) in [6, 6.07) is 2.70. The van der Waals surface area contributed by atoms with Gasteiger partial charge in [-0.05, 0) is 37.9 Å². The van der Waals surface area contributed by atoms with Gasteiger partial charge in [-0.3, -0.25) is 0 Å². The van der Waals surface area contributed by atoms with Crippen molar-refractivity contribution in [2.75, 3.05) is 0 Å². The van der Waals surface area contributed by atoms with E-state index in [2.05, 4.69) is 51.9 Å². The van der Waals surface area contributed by atoms with E-state index in [0.29, 0.717) is 6.07 Å². The molecule has 0 saturated carbocycles. The van der Waals surface area contributed by atoms with Gasteiger partial charge in [0.25, 0.3) is 0 Å². The number of aliphatic hydroxyl groups is 1. The summed E-state index contributed by atoms with van der Waals surface area (Å²) < 4.78 is 44.2. The van der Waals surface area contributed by atoms with Crippen LogP contribution in [0.25, 0.3) is 0 Å². The fourth-order valence-electron chi connectivity index (χ4n) is 2.81. The highest BCUT2D eigenvalue weighted by Gasteiger charge is 2.42. The molecular weight excluding hydrogens is 530 g/mol. The molecule has 1 aromatic carbocycles. The van der Waals surface area contributed by atoms with Gasteiger partial charge in [0, 0.05) is 17.5 Å². The number of nitrogens with zero attached hydrogens (tertiary/aromatic N) is 5. The third kappa shape index (κ3) is 3.93. The molecule has 0 radical (unpaired) electrons. The van der Waals surface area contributed by atoms with Crippen LogP contribution in [0.1, 0.15) is 24.1 Å². The van der Waals surface area contributed by atoms with Gasteiger partial charge in [-0.1, -0.05) is 24.6 Å². The third-order valence-electron chi connectivity index (χ3n) is 4.29. The summed E-state index contributed by atoms with van der Waals surface area (Å²) in [5, 5.41) is 15.1. The van der Waals surface area contributed by atoms with Gasteiger partial charge in [-0.2, -0.15) is 4.98 Å². The molecular formula is C16H11Br2ClF3N5O. The minimum absolute atomic E-state index is 0.213. The number of aromatic nitrogens is 5. The Morgan fingerprint density at radius 3 is 2.57 bits per heavy atom. The maximum atomic E-state index is 14.6. The van der Waals surface area contributed by atoms with E-state index in [4.69, 9.17) is 11.6 Å². The van der Waals surface area contributed by atoms with Crippen molar-refractivity contribution in [2.24, 2.45) is 0 Å². The Balaban J connectivity index is 2.18. The van der Waals surface area contributed by atoms with Gasteiger partial charge < -0.3 is 5.11 Å². The average molecular weight is 542 g/mol. The monoisotopic (exact) mass is 539 g/mol. The van der Waals surface area contributed by atoms with Crippen molar-refractivity contribution < 1.29 is 18.3 Å². The highest BCUT2D eigenvalue weighted by molar-refractivity contribution is 9.11. The molecule has 28 heavy (non-hydrogen) atoms. The Labute approximate surface area is 179 Å². The van der Waals surface area contributed by atoms with E-state index in [-0.39, 0.29) is 27.3 Å². The maximum Gasteiger partial charge on any atom is 0.218 e. The van der Waals surface area contributed by atoms with E-state index in [0.717, 1.165) is 18.5 Å². The first-order valence-corrected chi connectivity index (χ1v) is 9.69. The van der Waals surface area contributed by atoms with Crippen molar-refractivity contribution in [3.8, 4) is 0 Å². The fraction of sp³-hybridized carbons (Fsp3) is 0.250. The molecule has 12 heteroatoms. The molecule has 3 rings (SSSR count).